The molecule has 4 nitrogen and oxygen atoms in total. The Hall–Kier alpha value is -1.43. The summed E-state index contributed by atoms with van der Waals surface area (Å²) in [6, 6.07) is 4.17. The van der Waals surface area contributed by atoms with Gasteiger partial charge >= 0.3 is 0 Å². The summed E-state index contributed by atoms with van der Waals surface area (Å²) in [6.45, 7) is 3.50. The highest BCUT2D eigenvalue weighted by molar-refractivity contribution is 7.85. The number of rotatable bonds is 6. The van der Waals surface area contributed by atoms with E-state index in [1.807, 2.05) is 0 Å². The third-order valence-electron chi connectivity index (χ3n) is 2.67. The van der Waals surface area contributed by atoms with Crippen molar-refractivity contribution in [2.24, 2.45) is 0 Å². The Morgan fingerprint density at radius 2 is 2.21 bits per heavy atom. The van der Waals surface area contributed by atoms with Gasteiger partial charge in [0.25, 0.3) is 0 Å². The van der Waals surface area contributed by atoms with Crippen LogP contribution < -0.4 is 10.1 Å². The lowest BCUT2D eigenvalue weighted by atomic mass is 10.1. The molecule has 0 radical (unpaired) electrons. The quantitative estimate of drug-likeness (QED) is 0.867. The Morgan fingerprint density at radius 3 is 2.74 bits per heavy atom. The molecule has 0 unspecified atom stereocenters. The van der Waals surface area contributed by atoms with Crippen LogP contribution >= 0.6 is 0 Å². The van der Waals surface area contributed by atoms with Crippen LogP contribution in [0.25, 0.3) is 0 Å². The fourth-order valence-corrected chi connectivity index (χ4v) is 2.15. The van der Waals surface area contributed by atoms with E-state index in [9.17, 15) is 13.4 Å². The Bertz CT molecular complexity index is 479. The topological polar surface area (TPSA) is 55.4 Å². The first kappa shape index (κ1) is 15.6. The van der Waals surface area contributed by atoms with E-state index in [1.165, 1.54) is 19.2 Å². The molecule has 0 aliphatic carbocycles. The van der Waals surface area contributed by atoms with Crippen molar-refractivity contribution in [3.05, 3.63) is 29.6 Å². The van der Waals surface area contributed by atoms with Crippen molar-refractivity contribution in [1.29, 1.82) is 0 Å². The third kappa shape index (κ3) is 4.63. The molecule has 0 saturated carbocycles. The Labute approximate surface area is 114 Å². The number of halogens is 1. The standard InChI is InChI=1S/C13H18FNO3S/c1-4-19(17)8-13(16)15-9(2)10-5-6-12(18-3)11(14)7-10/h5-7,9H,4,8H2,1-3H3,(H,15,16)/t9-,19-/m0/s1. The minimum absolute atomic E-state index is 0.0283. The van der Waals surface area contributed by atoms with Gasteiger partial charge in [0, 0.05) is 16.6 Å². The Kier molecular flexibility index (Phi) is 5.95. The van der Waals surface area contributed by atoms with E-state index in [1.54, 1.807) is 19.9 Å². The fraction of sp³-hybridized carbons (Fsp3) is 0.462. The molecule has 1 N–H and O–H groups in total. The number of hydrogen-bond acceptors (Lipinski definition) is 3. The maximum Gasteiger partial charge on any atom is 0.233 e. The molecule has 0 aliphatic rings. The minimum atomic E-state index is -1.15. The fourth-order valence-electron chi connectivity index (χ4n) is 1.57. The number of amides is 1. The van der Waals surface area contributed by atoms with E-state index < -0.39 is 16.6 Å². The van der Waals surface area contributed by atoms with Crippen LogP contribution in [0.15, 0.2) is 18.2 Å². The van der Waals surface area contributed by atoms with Gasteiger partial charge in [-0.1, -0.05) is 13.0 Å². The van der Waals surface area contributed by atoms with Crippen LogP contribution in [-0.2, 0) is 15.6 Å². The van der Waals surface area contributed by atoms with Crippen LogP contribution in [0.4, 0.5) is 4.39 Å². The van der Waals surface area contributed by atoms with Gasteiger partial charge in [-0.15, -0.1) is 0 Å². The number of nitrogens with one attached hydrogen (secondary N) is 1. The second-order valence-electron chi connectivity index (χ2n) is 4.06. The van der Waals surface area contributed by atoms with Gasteiger partial charge in [-0.3, -0.25) is 9.00 Å². The maximum atomic E-state index is 13.5. The monoisotopic (exact) mass is 287 g/mol. The lowest BCUT2D eigenvalue weighted by Gasteiger charge is -2.15. The summed E-state index contributed by atoms with van der Waals surface area (Å²) in [4.78, 5) is 11.6. The van der Waals surface area contributed by atoms with Crippen molar-refractivity contribution >= 4 is 16.7 Å². The van der Waals surface area contributed by atoms with Gasteiger partial charge in [0.15, 0.2) is 11.6 Å². The van der Waals surface area contributed by atoms with Gasteiger partial charge in [-0.2, -0.15) is 0 Å². The highest BCUT2D eigenvalue weighted by atomic mass is 32.2. The van der Waals surface area contributed by atoms with E-state index in [-0.39, 0.29) is 23.5 Å². The molecule has 1 aromatic rings. The highest BCUT2D eigenvalue weighted by Crippen LogP contribution is 2.21. The van der Waals surface area contributed by atoms with Gasteiger partial charge < -0.3 is 10.1 Å². The number of ether oxygens (including phenoxy) is 1. The van der Waals surface area contributed by atoms with Crippen LogP contribution in [0.2, 0.25) is 0 Å². The summed E-state index contributed by atoms with van der Waals surface area (Å²) in [7, 11) is 0.247. The molecule has 1 rings (SSSR count). The van der Waals surface area contributed by atoms with Crippen LogP contribution in [0, 0.1) is 5.82 Å². The first-order chi connectivity index (χ1) is 8.97. The van der Waals surface area contributed by atoms with E-state index in [0.29, 0.717) is 11.3 Å². The first-order valence-electron chi connectivity index (χ1n) is 5.95. The largest absolute Gasteiger partial charge is 0.494 e. The lowest BCUT2D eigenvalue weighted by Crippen LogP contribution is -2.31. The van der Waals surface area contributed by atoms with Crippen LogP contribution in [0.3, 0.4) is 0 Å². The Balaban J connectivity index is 2.67. The smallest absolute Gasteiger partial charge is 0.233 e. The summed E-state index contributed by atoms with van der Waals surface area (Å²) in [5, 5.41) is 2.69. The molecule has 0 aromatic heterocycles. The van der Waals surface area contributed by atoms with Gasteiger partial charge in [0.05, 0.1) is 13.2 Å². The molecule has 0 aliphatic heterocycles. The zero-order chi connectivity index (χ0) is 14.4. The molecule has 1 aromatic carbocycles. The first-order valence-corrected chi connectivity index (χ1v) is 7.44. The van der Waals surface area contributed by atoms with Crippen LogP contribution in [0.5, 0.6) is 5.75 Å². The normalized spacial score (nSPS) is 13.7. The van der Waals surface area contributed by atoms with E-state index in [2.05, 4.69) is 5.32 Å². The number of carbonyl (C=O) groups excluding carboxylic acids is 1. The molecule has 106 valence electrons. The van der Waals surface area contributed by atoms with E-state index >= 15 is 0 Å². The minimum Gasteiger partial charge on any atom is -0.494 e. The molecule has 6 heteroatoms. The van der Waals surface area contributed by atoms with Crippen LogP contribution in [-0.4, -0.2) is 28.7 Å². The van der Waals surface area contributed by atoms with Crippen molar-refractivity contribution in [2.45, 2.75) is 19.9 Å². The van der Waals surface area contributed by atoms with Crippen molar-refractivity contribution in [2.75, 3.05) is 18.6 Å². The van der Waals surface area contributed by atoms with E-state index in [4.69, 9.17) is 4.74 Å². The number of methoxy groups -OCH3 is 1. The van der Waals surface area contributed by atoms with Gasteiger partial charge in [0.1, 0.15) is 5.75 Å². The predicted octanol–water partition coefficient (Wildman–Crippen LogP) is 1.78. The summed E-state index contributed by atoms with van der Waals surface area (Å²) >= 11 is 0. The zero-order valence-electron chi connectivity index (χ0n) is 11.2. The van der Waals surface area contributed by atoms with Crippen molar-refractivity contribution in [3.63, 3.8) is 0 Å². The second-order valence-corrected chi connectivity index (χ2v) is 5.80. The second kappa shape index (κ2) is 7.23. The molecule has 1 amide bonds. The molecule has 2 atom stereocenters. The molecular weight excluding hydrogens is 269 g/mol. The summed E-state index contributed by atoms with van der Waals surface area (Å²) < 4.78 is 29.6. The van der Waals surface area contributed by atoms with Crippen molar-refractivity contribution in [1.82, 2.24) is 5.32 Å². The predicted molar refractivity (Wildman–Crippen MR) is 73.1 cm³/mol. The van der Waals surface area contributed by atoms with Gasteiger partial charge in [-0.05, 0) is 24.6 Å². The summed E-state index contributed by atoms with van der Waals surface area (Å²) in [5.41, 5.74) is 0.633. The molecule has 0 spiro atoms. The molecule has 0 fully saturated rings. The van der Waals surface area contributed by atoms with Gasteiger partial charge in [-0.25, -0.2) is 4.39 Å². The number of carbonyl (C=O) groups is 1. The van der Waals surface area contributed by atoms with Crippen molar-refractivity contribution < 1.29 is 18.1 Å². The molecule has 19 heavy (non-hydrogen) atoms. The maximum absolute atomic E-state index is 13.5. The van der Waals surface area contributed by atoms with Crippen molar-refractivity contribution in [3.8, 4) is 5.75 Å². The molecule has 0 saturated heterocycles. The number of hydrogen-bond donors (Lipinski definition) is 1. The molecule has 0 bridgehead atoms. The average molecular weight is 287 g/mol. The molecular formula is C13H18FNO3S. The zero-order valence-corrected chi connectivity index (χ0v) is 12.1. The summed E-state index contributed by atoms with van der Waals surface area (Å²) in [6.07, 6.45) is 0. The number of benzene rings is 1. The molecule has 0 heterocycles. The SMILES string of the molecule is CC[S@](=O)CC(=O)N[C@@H](C)c1ccc(OC)c(F)c1. The van der Waals surface area contributed by atoms with Gasteiger partial charge in [0.2, 0.25) is 5.91 Å². The highest BCUT2D eigenvalue weighted by Gasteiger charge is 2.13. The van der Waals surface area contributed by atoms with Crippen LogP contribution in [0.1, 0.15) is 25.5 Å². The van der Waals surface area contributed by atoms with E-state index in [0.717, 1.165) is 0 Å². The Morgan fingerprint density at radius 1 is 1.53 bits per heavy atom. The average Bonchev–Trinajstić information content (AvgIpc) is 2.38. The summed E-state index contributed by atoms with van der Waals surface area (Å²) in [5.74, 6) is -0.199. The lowest BCUT2D eigenvalue weighted by molar-refractivity contribution is -0.119. The third-order valence-corrected chi connectivity index (χ3v) is 3.90.